The Hall–Kier alpha value is -1.43. The van der Waals surface area contributed by atoms with E-state index in [1.54, 1.807) is 12.1 Å². The number of nitrogens with one attached hydrogen (secondary N) is 1. The van der Waals surface area contributed by atoms with Gasteiger partial charge in [-0.3, -0.25) is 5.10 Å². The van der Waals surface area contributed by atoms with Crippen molar-refractivity contribution >= 4 is 11.8 Å². The van der Waals surface area contributed by atoms with Crippen LogP contribution >= 0.6 is 11.8 Å². The number of nitrogens with zero attached hydrogens (tertiary/aromatic N) is 3. The van der Waals surface area contributed by atoms with Gasteiger partial charge < -0.3 is 0 Å². The first-order valence-corrected chi connectivity index (χ1v) is 4.32. The van der Waals surface area contributed by atoms with Gasteiger partial charge in [-0.05, 0) is 23.9 Å². The molecule has 6 heteroatoms. The Morgan fingerprint density at radius 2 is 2.31 bits per heavy atom. The number of hydrogen-bond donors (Lipinski definition) is 1. The normalized spacial score (nSPS) is 10.2. The minimum atomic E-state index is -0.496. The fourth-order valence-electron chi connectivity index (χ4n) is 0.789. The van der Waals surface area contributed by atoms with Crippen molar-refractivity contribution in [1.29, 1.82) is 0 Å². The van der Waals surface area contributed by atoms with Gasteiger partial charge in [0.1, 0.15) is 11.4 Å². The molecule has 0 radical (unpaired) electrons. The molecule has 0 atom stereocenters. The highest BCUT2D eigenvalue weighted by atomic mass is 32.2. The Morgan fingerprint density at radius 1 is 1.38 bits per heavy atom. The average Bonchev–Trinajstić information content (AvgIpc) is 2.57. The molecule has 2 heterocycles. The monoisotopic (exact) mass is 196 g/mol. The summed E-state index contributed by atoms with van der Waals surface area (Å²) in [5, 5.41) is 7.45. The molecule has 0 saturated heterocycles. The molecule has 66 valence electrons. The molecule has 2 rings (SSSR count). The van der Waals surface area contributed by atoms with Crippen molar-refractivity contribution in [2.75, 3.05) is 0 Å². The van der Waals surface area contributed by atoms with E-state index in [2.05, 4.69) is 20.2 Å². The van der Waals surface area contributed by atoms with Crippen LogP contribution in [-0.4, -0.2) is 20.2 Å². The molecule has 0 aromatic carbocycles. The van der Waals surface area contributed by atoms with Crippen molar-refractivity contribution in [3.8, 4) is 0 Å². The van der Waals surface area contributed by atoms with E-state index in [1.165, 1.54) is 24.2 Å². The van der Waals surface area contributed by atoms with Gasteiger partial charge in [-0.25, -0.2) is 9.97 Å². The van der Waals surface area contributed by atoms with E-state index >= 15 is 0 Å². The molecule has 0 aliphatic heterocycles. The van der Waals surface area contributed by atoms with Crippen LogP contribution in [0.2, 0.25) is 0 Å². The molecular formula is C7H5FN4S. The SMILES string of the molecule is Fc1cccc(Sc2ncn[nH]2)n1. The molecule has 0 spiro atoms. The predicted molar refractivity (Wildman–Crippen MR) is 44.7 cm³/mol. The Bertz CT molecular complexity index is 389. The number of pyridine rings is 1. The van der Waals surface area contributed by atoms with Crippen LogP contribution in [0.3, 0.4) is 0 Å². The smallest absolute Gasteiger partial charge is 0.213 e. The molecule has 1 N–H and O–H groups in total. The average molecular weight is 196 g/mol. The zero-order chi connectivity index (χ0) is 9.10. The van der Waals surface area contributed by atoms with Crippen LogP contribution < -0.4 is 0 Å². The lowest BCUT2D eigenvalue weighted by Gasteiger charge is -1.94. The van der Waals surface area contributed by atoms with E-state index in [9.17, 15) is 4.39 Å². The standard InChI is InChI=1S/C7H5FN4S/c8-5-2-1-3-6(11-5)13-7-9-4-10-12-7/h1-4H,(H,9,10,12). The third kappa shape index (κ3) is 2.03. The first kappa shape index (κ1) is 8.18. The van der Waals surface area contributed by atoms with Crippen molar-refractivity contribution in [1.82, 2.24) is 20.2 Å². The maximum atomic E-state index is 12.6. The maximum Gasteiger partial charge on any atom is 0.213 e. The molecule has 13 heavy (non-hydrogen) atoms. The van der Waals surface area contributed by atoms with Crippen LogP contribution in [0.5, 0.6) is 0 Å². The Morgan fingerprint density at radius 3 is 3.00 bits per heavy atom. The highest BCUT2D eigenvalue weighted by Gasteiger charge is 2.01. The second-order valence-electron chi connectivity index (χ2n) is 2.19. The Kier molecular flexibility index (Phi) is 2.22. The number of hydrogen-bond acceptors (Lipinski definition) is 4. The fraction of sp³-hybridized carbons (Fsp3) is 0. The zero-order valence-electron chi connectivity index (χ0n) is 6.44. The molecule has 2 aromatic heterocycles. The van der Waals surface area contributed by atoms with Gasteiger partial charge in [0.15, 0.2) is 5.16 Å². The molecule has 0 fully saturated rings. The molecule has 0 aliphatic rings. The van der Waals surface area contributed by atoms with Gasteiger partial charge in [0.05, 0.1) is 0 Å². The van der Waals surface area contributed by atoms with Crippen molar-refractivity contribution in [3.63, 3.8) is 0 Å². The van der Waals surface area contributed by atoms with Gasteiger partial charge in [0.2, 0.25) is 5.95 Å². The van der Waals surface area contributed by atoms with Crippen molar-refractivity contribution in [2.24, 2.45) is 0 Å². The summed E-state index contributed by atoms with van der Waals surface area (Å²) in [5.74, 6) is -0.496. The topological polar surface area (TPSA) is 54.5 Å². The first-order chi connectivity index (χ1) is 6.34. The lowest BCUT2D eigenvalue weighted by molar-refractivity contribution is 0.572. The summed E-state index contributed by atoms with van der Waals surface area (Å²) < 4.78 is 12.6. The second-order valence-corrected chi connectivity index (χ2v) is 3.20. The first-order valence-electron chi connectivity index (χ1n) is 3.50. The lowest BCUT2D eigenvalue weighted by Crippen LogP contribution is -1.84. The van der Waals surface area contributed by atoms with E-state index in [0.29, 0.717) is 10.2 Å². The van der Waals surface area contributed by atoms with Gasteiger partial charge in [0.25, 0.3) is 0 Å². The molecule has 0 bridgehead atoms. The fourth-order valence-corrected chi connectivity index (χ4v) is 1.46. The van der Waals surface area contributed by atoms with Gasteiger partial charge in [0, 0.05) is 0 Å². The predicted octanol–water partition coefficient (Wildman–Crippen LogP) is 1.49. The van der Waals surface area contributed by atoms with Crippen molar-refractivity contribution < 1.29 is 4.39 Å². The largest absolute Gasteiger partial charge is 0.254 e. The molecule has 2 aromatic rings. The van der Waals surface area contributed by atoms with E-state index in [4.69, 9.17) is 0 Å². The second kappa shape index (κ2) is 3.53. The molecule has 0 aliphatic carbocycles. The third-order valence-corrected chi connectivity index (χ3v) is 2.11. The molecule has 4 nitrogen and oxygen atoms in total. The van der Waals surface area contributed by atoms with Crippen molar-refractivity contribution in [3.05, 3.63) is 30.5 Å². The highest BCUT2D eigenvalue weighted by Crippen LogP contribution is 2.21. The van der Waals surface area contributed by atoms with Crippen LogP contribution in [0.1, 0.15) is 0 Å². The minimum Gasteiger partial charge on any atom is -0.254 e. The van der Waals surface area contributed by atoms with E-state index < -0.39 is 5.95 Å². The van der Waals surface area contributed by atoms with Gasteiger partial charge in [-0.2, -0.15) is 9.49 Å². The maximum absolute atomic E-state index is 12.6. The van der Waals surface area contributed by atoms with Crippen LogP contribution in [0.25, 0.3) is 0 Å². The molecule has 0 saturated carbocycles. The Balaban J connectivity index is 2.19. The van der Waals surface area contributed by atoms with E-state index in [-0.39, 0.29) is 0 Å². The summed E-state index contributed by atoms with van der Waals surface area (Å²) in [7, 11) is 0. The summed E-state index contributed by atoms with van der Waals surface area (Å²) in [6, 6.07) is 4.60. The van der Waals surface area contributed by atoms with E-state index in [0.717, 1.165) is 0 Å². The summed E-state index contributed by atoms with van der Waals surface area (Å²) in [4.78, 5) is 7.53. The van der Waals surface area contributed by atoms with Crippen LogP contribution in [-0.2, 0) is 0 Å². The number of aromatic nitrogens is 4. The quantitative estimate of drug-likeness (QED) is 0.739. The summed E-state index contributed by atoms with van der Waals surface area (Å²) in [6.45, 7) is 0. The van der Waals surface area contributed by atoms with Crippen LogP contribution in [0.15, 0.2) is 34.7 Å². The van der Waals surface area contributed by atoms with Gasteiger partial charge >= 0.3 is 0 Å². The Labute approximate surface area is 77.6 Å². The van der Waals surface area contributed by atoms with E-state index in [1.807, 2.05) is 0 Å². The van der Waals surface area contributed by atoms with Crippen molar-refractivity contribution in [2.45, 2.75) is 10.2 Å². The van der Waals surface area contributed by atoms with Gasteiger partial charge in [-0.1, -0.05) is 6.07 Å². The van der Waals surface area contributed by atoms with Crippen LogP contribution in [0, 0.1) is 5.95 Å². The number of rotatable bonds is 2. The molecule has 0 amide bonds. The third-order valence-electron chi connectivity index (χ3n) is 1.28. The summed E-state index contributed by atoms with van der Waals surface area (Å²) >= 11 is 1.23. The highest BCUT2D eigenvalue weighted by molar-refractivity contribution is 7.99. The van der Waals surface area contributed by atoms with Crippen LogP contribution in [0.4, 0.5) is 4.39 Å². The molecule has 0 unspecified atom stereocenters. The minimum absolute atomic E-state index is 0.496. The number of aromatic amines is 1. The summed E-state index contributed by atoms with van der Waals surface area (Å²) in [6.07, 6.45) is 1.39. The number of H-pyrrole nitrogens is 1. The zero-order valence-corrected chi connectivity index (χ0v) is 7.25. The lowest BCUT2D eigenvalue weighted by atomic mass is 10.5. The number of halogens is 1. The molecular weight excluding hydrogens is 191 g/mol. The van der Waals surface area contributed by atoms with Gasteiger partial charge in [-0.15, -0.1) is 0 Å². The summed E-state index contributed by atoms with van der Waals surface area (Å²) in [5.41, 5.74) is 0.